The van der Waals surface area contributed by atoms with Crippen molar-refractivity contribution < 1.29 is 9.53 Å². The number of esters is 1. The van der Waals surface area contributed by atoms with Crippen molar-refractivity contribution >= 4 is 5.97 Å². The Kier molecular flexibility index (Phi) is 5.75. The Morgan fingerprint density at radius 3 is 2.41 bits per heavy atom. The van der Waals surface area contributed by atoms with Crippen LogP contribution in [0.1, 0.15) is 50.2 Å². The van der Waals surface area contributed by atoms with Crippen molar-refractivity contribution in [3.05, 3.63) is 35.4 Å². The van der Waals surface area contributed by atoms with E-state index in [4.69, 9.17) is 4.74 Å². The number of hydrogen-bond donors (Lipinski definition) is 0. The predicted molar refractivity (Wildman–Crippen MR) is 70.1 cm³/mol. The largest absolute Gasteiger partial charge is 0.466 e. The van der Waals surface area contributed by atoms with Crippen LogP contribution in [0.15, 0.2) is 24.3 Å². The Labute approximate surface area is 104 Å². The highest BCUT2D eigenvalue weighted by molar-refractivity contribution is 5.70. The molecule has 0 spiro atoms. The molecule has 0 bridgehead atoms. The molecule has 0 aliphatic carbocycles. The molecule has 0 aliphatic heterocycles. The van der Waals surface area contributed by atoms with Gasteiger partial charge in [-0.05, 0) is 31.2 Å². The second-order valence-electron chi connectivity index (χ2n) is 4.44. The molecular formula is C15H22O2. The van der Waals surface area contributed by atoms with E-state index in [1.54, 1.807) is 0 Å². The van der Waals surface area contributed by atoms with Gasteiger partial charge in [-0.2, -0.15) is 0 Å². The highest BCUT2D eigenvalue weighted by atomic mass is 16.5. The summed E-state index contributed by atoms with van der Waals surface area (Å²) in [7, 11) is 0. The lowest BCUT2D eigenvalue weighted by atomic mass is 9.93. The van der Waals surface area contributed by atoms with Crippen LogP contribution in [0.5, 0.6) is 0 Å². The number of benzene rings is 1. The molecule has 1 rings (SSSR count). The second kappa shape index (κ2) is 7.10. The van der Waals surface area contributed by atoms with Gasteiger partial charge in [0.1, 0.15) is 0 Å². The van der Waals surface area contributed by atoms with Gasteiger partial charge in [0.15, 0.2) is 0 Å². The van der Waals surface area contributed by atoms with Crippen molar-refractivity contribution in [2.75, 3.05) is 6.61 Å². The van der Waals surface area contributed by atoms with Crippen molar-refractivity contribution in [3.8, 4) is 0 Å². The zero-order valence-corrected chi connectivity index (χ0v) is 11.0. The van der Waals surface area contributed by atoms with Crippen molar-refractivity contribution in [2.24, 2.45) is 0 Å². The molecule has 0 fully saturated rings. The third-order valence-electron chi connectivity index (χ3n) is 2.92. The fourth-order valence-corrected chi connectivity index (χ4v) is 1.81. The average molecular weight is 234 g/mol. The molecule has 0 aliphatic rings. The number of carbonyl (C=O) groups excluding carboxylic acids is 1. The molecule has 1 aromatic carbocycles. The highest BCUT2D eigenvalue weighted by Gasteiger charge is 2.14. The molecular weight excluding hydrogens is 212 g/mol. The van der Waals surface area contributed by atoms with Crippen molar-refractivity contribution in [3.63, 3.8) is 0 Å². The molecule has 1 unspecified atom stereocenters. The molecule has 0 aromatic heterocycles. The Hall–Kier alpha value is -1.31. The van der Waals surface area contributed by atoms with E-state index in [9.17, 15) is 4.79 Å². The first-order valence-electron chi connectivity index (χ1n) is 6.39. The zero-order chi connectivity index (χ0) is 12.7. The maximum Gasteiger partial charge on any atom is 0.306 e. The van der Waals surface area contributed by atoms with E-state index in [-0.39, 0.29) is 11.9 Å². The Morgan fingerprint density at radius 1 is 1.24 bits per heavy atom. The van der Waals surface area contributed by atoms with Gasteiger partial charge in [-0.3, -0.25) is 4.79 Å². The lowest BCUT2D eigenvalue weighted by Crippen LogP contribution is -2.10. The summed E-state index contributed by atoms with van der Waals surface area (Å²) in [5, 5.41) is 0. The van der Waals surface area contributed by atoms with Crippen LogP contribution >= 0.6 is 0 Å². The van der Waals surface area contributed by atoms with Crippen LogP contribution in [0.2, 0.25) is 0 Å². The number of hydrogen-bond acceptors (Lipinski definition) is 2. The standard InChI is InChI=1S/C15H22O2/c1-4-10-17-15(16)11-13(5-2)14-8-6-12(3)7-9-14/h6-9,13H,4-5,10-11H2,1-3H3. The Balaban J connectivity index is 2.59. The number of ether oxygens (including phenoxy) is 1. The minimum absolute atomic E-state index is 0.0840. The monoisotopic (exact) mass is 234 g/mol. The summed E-state index contributed by atoms with van der Waals surface area (Å²) in [6.07, 6.45) is 2.33. The summed E-state index contributed by atoms with van der Waals surface area (Å²) in [6.45, 7) is 6.71. The Bertz CT molecular complexity index is 340. The van der Waals surface area contributed by atoms with Gasteiger partial charge in [0.25, 0.3) is 0 Å². The third kappa shape index (κ3) is 4.59. The van der Waals surface area contributed by atoms with E-state index < -0.39 is 0 Å². The van der Waals surface area contributed by atoms with Crippen molar-refractivity contribution in [2.45, 2.75) is 46.0 Å². The van der Waals surface area contributed by atoms with Gasteiger partial charge in [0, 0.05) is 0 Å². The molecule has 17 heavy (non-hydrogen) atoms. The van der Waals surface area contributed by atoms with Crippen LogP contribution in [0.4, 0.5) is 0 Å². The van der Waals surface area contributed by atoms with Crippen LogP contribution in [-0.2, 0) is 9.53 Å². The van der Waals surface area contributed by atoms with Crippen LogP contribution in [0.3, 0.4) is 0 Å². The first-order valence-corrected chi connectivity index (χ1v) is 6.39. The van der Waals surface area contributed by atoms with E-state index in [2.05, 4.69) is 38.1 Å². The lowest BCUT2D eigenvalue weighted by Gasteiger charge is -2.14. The number of carbonyl (C=O) groups is 1. The maximum atomic E-state index is 11.6. The van der Waals surface area contributed by atoms with Gasteiger partial charge < -0.3 is 4.74 Å². The molecule has 2 heteroatoms. The molecule has 0 heterocycles. The quantitative estimate of drug-likeness (QED) is 0.699. The molecule has 0 saturated carbocycles. The van der Waals surface area contributed by atoms with Crippen molar-refractivity contribution in [1.29, 1.82) is 0 Å². The Morgan fingerprint density at radius 2 is 1.88 bits per heavy atom. The van der Waals surface area contributed by atoms with Crippen LogP contribution < -0.4 is 0 Å². The molecule has 2 nitrogen and oxygen atoms in total. The average Bonchev–Trinajstić information content (AvgIpc) is 2.34. The van der Waals surface area contributed by atoms with Gasteiger partial charge in [-0.25, -0.2) is 0 Å². The molecule has 1 aromatic rings. The first kappa shape index (κ1) is 13.8. The summed E-state index contributed by atoms with van der Waals surface area (Å²) in [6, 6.07) is 8.40. The number of rotatable bonds is 6. The number of aryl methyl sites for hydroxylation is 1. The third-order valence-corrected chi connectivity index (χ3v) is 2.92. The molecule has 94 valence electrons. The molecule has 0 radical (unpaired) electrons. The molecule has 1 atom stereocenters. The van der Waals surface area contributed by atoms with Crippen LogP contribution in [0, 0.1) is 6.92 Å². The second-order valence-corrected chi connectivity index (χ2v) is 4.44. The fraction of sp³-hybridized carbons (Fsp3) is 0.533. The molecule has 0 N–H and O–H groups in total. The van der Waals surface area contributed by atoms with Gasteiger partial charge in [-0.1, -0.05) is 43.7 Å². The summed E-state index contributed by atoms with van der Waals surface area (Å²) in [4.78, 5) is 11.6. The normalized spacial score (nSPS) is 12.2. The topological polar surface area (TPSA) is 26.3 Å². The zero-order valence-electron chi connectivity index (χ0n) is 11.0. The minimum Gasteiger partial charge on any atom is -0.466 e. The highest BCUT2D eigenvalue weighted by Crippen LogP contribution is 2.24. The van der Waals surface area contributed by atoms with Crippen molar-refractivity contribution in [1.82, 2.24) is 0 Å². The fourth-order valence-electron chi connectivity index (χ4n) is 1.81. The SMILES string of the molecule is CCCOC(=O)CC(CC)c1ccc(C)cc1. The van der Waals surface area contributed by atoms with Crippen LogP contribution in [0.25, 0.3) is 0 Å². The lowest BCUT2D eigenvalue weighted by molar-refractivity contribution is -0.144. The van der Waals surface area contributed by atoms with Gasteiger partial charge >= 0.3 is 5.97 Å². The summed E-state index contributed by atoms with van der Waals surface area (Å²) in [5.74, 6) is 0.194. The smallest absolute Gasteiger partial charge is 0.306 e. The first-order chi connectivity index (χ1) is 8.17. The van der Waals surface area contributed by atoms with E-state index >= 15 is 0 Å². The predicted octanol–water partition coefficient (Wildman–Crippen LogP) is 3.83. The van der Waals surface area contributed by atoms with Gasteiger partial charge in [0.2, 0.25) is 0 Å². The summed E-state index contributed by atoms with van der Waals surface area (Å²) >= 11 is 0. The van der Waals surface area contributed by atoms with Gasteiger partial charge in [-0.15, -0.1) is 0 Å². The summed E-state index contributed by atoms with van der Waals surface area (Å²) < 4.78 is 5.13. The van der Waals surface area contributed by atoms with E-state index in [1.807, 2.05) is 6.92 Å². The van der Waals surface area contributed by atoms with E-state index in [1.165, 1.54) is 11.1 Å². The van der Waals surface area contributed by atoms with Gasteiger partial charge in [0.05, 0.1) is 13.0 Å². The summed E-state index contributed by atoms with van der Waals surface area (Å²) in [5.41, 5.74) is 2.48. The van der Waals surface area contributed by atoms with Crippen LogP contribution in [-0.4, -0.2) is 12.6 Å². The molecule has 0 amide bonds. The minimum atomic E-state index is -0.0840. The maximum absolute atomic E-state index is 11.6. The van der Waals surface area contributed by atoms with E-state index in [0.717, 1.165) is 12.8 Å². The van der Waals surface area contributed by atoms with E-state index in [0.29, 0.717) is 13.0 Å². The molecule has 0 saturated heterocycles.